The standard InChI is InChI=1S/C23H24N2O2S/c1-26-21-13-12-17(16-22(21)27-2)14-15-24-23(28)25-20-11-7-6-10-19(20)18-8-4-3-5-9-18/h3-13,16H,14-15H2,1-2H3,(H2,24,25,28). The van der Waals surface area contributed by atoms with Crippen molar-refractivity contribution in [2.24, 2.45) is 0 Å². The van der Waals surface area contributed by atoms with Gasteiger partial charge < -0.3 is 20.1 Å². The molecule has 3 rings (SSSR count). The zero-order chi connectivity index (χ0) is 19.8. The lowest BCUT2D eigenvalue weighted by Gasteiger charge is -2.15. The molecule has 0 aromatic heterocycles. The molecular weight excluding hydrogens is 368 g/mol. The van der Waals surface area contributed by atoms with Crippen molar-refractivity contribution in [1.82, 2.24) is 5.32 Å². The Hall–Kier alpha value is -3.05. The molecule has 0 unspecified atom stereocenters. The minimum absolute atomic E-state index is 0.601. The largest absolute Gasteiger partial charge is 0.493 e. The Labute approximate surface area is 171 Å². The SMILES string of the molecule is COc1ccc(CCNC(=S)Nc2ccccc2-c2ccccc2)cc1OC. The number of methoxy groups -OCH3 is 2. The normalized spacial score (nSPS) is 10.2. The maximum Gasteiger partial charge on any atom is 0.170 e. The maximum atomic E-state index is 5.48. The van der Waals surface area contributed by atoms with E-state index in [1.165, 1.54) is 0 Å². The van der Waals surface area contributed by atoms with E-state index in [4.69, 9.17) is 21.7 Å². The number of hydrogen-bond acceptors (Lipinski definition) is 3. The van der Waals surface area contributed by atoms with E-state index in [0.717, 1.165) is 46.8 Å². The molecule has 0 saturated heterocycles. The third-order valence-electron chi connectivity index (χ3n) is 4.41. The predicted octanol–water partition coefficient (Wildman–Crippen LogP) is 4.90. The summed E-state index contributed by atoms with van der Waals surface area (Å²) in [5.74, 6) is 1.46. The molecule has 28 heavy (non-hydrogen) atoms. The average Bonchev–Trinajstić information content (AvgIpc) is 2.74. The minimum atomic E-state index is 0.601. The monoisotopic (exact) mass is 392 g/mol. The molecule has 4 nitrogen and oxygen atoms in total. The summed E-state index contributed by atoms with van der Waals surface area (Å²) in [6, 6.07) is 24.4. The van der Waals surface area contributed by atoms with Crippen LogP contribution in [0.25, 0.3) is 11.1 Å². The molecule has 3 aromatic carbocycles. The van der Waals surface area contributed by atoms with Crippen LogP contribution >= 0.6 is 12.2 Å². The third-order valence-corrected chi connectivity index (χ3v) is 4.65. The molecule has 3 aromatic rings. The molecule has 0 spiro atoms. The molecule has 0 heterocycles. The third kappa shape index (κ3) is 5.02. The summed E-state index contributed by atoms with van der Waals surface area (Å²) in [5.41, 5.74) is 4.40. The van der Waals surface area contributed by atoms with E-state index >= 15 is 0 Å². The van der Waals surface area contributed by atoms with E-state index in [0.29, 0.717) is 5.11 Å². The molecule has 0 saturated carbocycles. The number of anilines is 1. The fourth-order valence-corrected chi connectivity index (χ4v) is 3.20. The van der Waals surface area contributed by atoms with Crippen LogP contribution in [0.2, 0.25) is 0 Å². The number of benzene rings is 3. The smallest absolute Gasteiger partial charge is 0.170 e. The maximum absolute atomic E-state index is 5.48. The average molecular weight is 393 g/mol. The zero-order valence-corrected chi connectivity index (χ0v) is 16.9. The van der Waals surface area contributed by atoms with Gasteiger partial charge in [0.1, 0.15) is 0 Å². The Morgan fingerprint density at radius 1 is 0.857 bits per heavy atom. The lowest BCUT2D eigenvalue weighted by atomic mass is 10.0. The Morgan fingerprint density at radius 3 is 2.32 bits per heavy atom. The van der Waals surface area contributed by atoms with Crippen molar-refractivity contribution < 1.29 is 9.47 Å². The lowest BCUT2D eigenvalue weighted by molar-refractivity contribution is 0.354. The highest BCUT2D eigenvalue weighted by Gasteiger charge is 2.07. The highest BCUT2D eigenvalue weighted by Crippen LogP contribution is 2.28. The van der Waals surface area contributed by atoms with Crippen molar-refractivity contribution in [2.45, 2.75) is 6.42 Å². The molecule has 5 heteroatoms. The number of ether oxygens (including phenoxy) is 2. The van der Waals surface area contributed by atoms with Gasteiger partial charge in [-0.15, -0.1) is 0 Å². The van der Waals surface area contributed by atoms with Gasteiger partial charge in [-0.05, 0) is 48.0 Å². The number of para-hydroxylation sites is 1. The van der Waals surface area contributed by atoms with E-state index in [9.17, 15) is 0 Å². The fourth-order valence-electron chi connectivity index (χ4n) is 2.98. The zero-order valence-electron chi connectivity index (χ0n) is 16.1. The summed E-state index contributed by atoms with van der Waals surface area (Å²) in [7, 11) is 3.28. The summed E-state index contributed by atoms with van der Waals surface area (Å²) in [5, 5.41) is 7.19. The molecule has 0 atom stereocenters. The van der Waals surface area contributed by atoms with Crippen LogP contribution in [0.3, 0.4) is 0 Å². The van der Waals surface area contributed by atoms with Gasteiger partial charge in [-0.3, -0.25) is 0 Å². The van der Waals surface area contributed by atoms with Gasteiger partial charge in [-0.2, -0.15) is 0 Å². The first-order chi connectivity index (χ1) is 13.7. The highest BCUT2D eigenvalue weighted by atomic mass is 32.1. The van der Waals surface area contributed by atoms with Crippen LogP contribution in [0.15, 0.2) is 72.8 Å². The van der Waals surface area contributed by atoms with Gasteiger partial charge in [0.15, 0.2) is 16.6 Å². The van der Waals surface area contributed by atoms with Crippen LogP contribution in [-0.4, -0.2) is 25.9 Å². The van der Waals surface area contributed by atoms with E-state index in [1.807, 2.05) is 54.6 Å². The molecule has 0 fully saturated rings. The van der Waals surface area contributed by atoms with Crippen LogP contribution in [0.1, 0.15) is 5.56 Å². The molecule has 144 valence electrons. The summed E-state index contributed by atoms with van der Waals surface area (Å²) in [6.45, 7) is 0.717. The second kappa shape index (κ2) is 9.76. The summed E-state index contributed by atoms with van der Waals surface area (Å²) >= 11 is 5.48. The van der Waals surface area contributed by atoms with Gasteiger partial charge in [0.25, 0.3) is 0 Å². The van der Waals surface area contributed by atoms with E-state index in [-0.39, 0.29) is 0 Å². The second-order valence-corrected chi connectivity index (χ2v) is 6.64. The van der Waals surface area contributed by atoms with Crippen LogP contribution in [0, 0.1) is 0 Å². The Balaban J connectivity index is 1.59. The molecule has 0 aliphatic carbocycles. The lowest BCUT2D eigenvalue weighted by Crippen LogP contribution is -2.30. The molecule has 0 amide bonds. The quantitative estimate of drug-likeness (QED) is 0.560. The first kappa shape index (κ1) is 19.7. The van der Waals surface area contributed by atoms with Gasteiger partial charge in [-0.25, -0.2) is 0 Å². The molecule has 0 radical (unpaired) electrons. The van der Waals surface area contributed by atoms with Crippen LogP contribution < -0.4 is 20.1 Å². The van der Waals surface area contributed by atoms with Crippen LogP contribution in [0.4, 0.5) is 5.69 Å². The van der Waals surface area contributed by atoms with Crippen molar-refractivity contribution in [2.75, 3.05) is 26.1 Å². The summed E-state index contributed by atoms with van der Waals surface area (Å²) in [4.78, 5) is 0. The summed E-state index contributed by atoms with van der Waals surface area (Å²) in [6.07, 6.45) is 0.822. The van der Waals surface area contributed by atoms with Crippen molar-refractivity contribution in [3.05, 3.63) is 78.4 Å². The van der Waals surface area contributed by atoms with Crippen LogP contribution in [0.5, 0.6) is 11.5 Å². The first-order valence-corrected chi connectivity index (χ1v) is 9.52. The van der Waals surface area contributed by atoms with Gasteiger partial charge in [0, 0.05) is 17.8 Å². The van der Waals surface area contributed by atoms with Crippen LogP contribution in [-0.2, 0) is 6.42 Å². The van der Waals surface area contributed by atoms with E-state index in [1.54, 1.807) is 14.2 Å². The van der Waals surface area contributed by atoms with Crippen molar-refractivity contribution in [1.29, 1.82) is 0 Å². The summed E-state index contributed by atoms with van der Waals surface area (Å²) < 4.78 is 10.6. The van der Waals surface area contributed by atoms with Gasteiger partial charge in [-0.1, -0.05) is 54.6 Å². The van der Waals surface area contributed by atoms with Gasteiger partial charge in [0.05, 0.1) is 14.2 Å². The number of nitrogens with one attached hydrogen (secondary N) is 2. The van der Waals surface area contributed by atoms with Gasteiger partial charge >= 0.3 is 0 Å². The molecule has 0 aliphatic rings. The topological polar surface area (TPSA) is 42.5 Å². The van der Waals surface area contributed by atoms with E-state index in [2.05, 4.69) is 28.8 Å². The first-order valence-electron chi connectivity index (χ1n) is 9.11. The van der Waals surface area contributed by atoms with Crippen molar-refractivity contribution >= 4 is 23.0 Å². The van der Waals surface area contributed by atoms with Gasteiger partial charge in [0.2, 0.25) is 0 Å². The van der Waals surface area contributed by atoms with Crippen molar-refractivity contribution in [3.63, 3.8) is 0 Å². The molecule has 2 N–H and O–H groups in total. The fraction of sp³-hybridized carbons (Fsp3) is 0.174. The Morgan fingerprint density at radius 2 is 1.57 bits per heavy atom. The Bertz CT molecular complexity index is 929. The highest BCUT2D eigenvalue weighted by molar-refractivity contribution is 7.80. The molecule has 0 bridgehead atoms. The number of rotatable bonds is 7. The molecular formula is C23H24N2O2S. The van der Waals surface area contributed by atoms with E-state index < -0.39 is 0 Å². The predicted molar refractivity (Wildman–Crippen MR) is 119 cm³/mol. The second-order valence-electron chi connectivity index (χ2n) is 6.23. The Kier molecular flexibility index (Phi) is 6.87. The number of thiocarbonyl (C=S) groups is 1. The minimum Gasteiger partial charge on any atom is -0.493 e. The molecule has 0 aliphatic heterocycles. The number of hydrogen-bond donors (Lipinski definition) is 2. The van der Waals surface area contributed by atoms with Crippen molar-refractivity contribution in [3.8, 4) is 22.6 Å².